The monoisotopic (exact) mass is 218 g/mol. The summed E-state index contributed by atoms with van der Waals surface area (Å²) in [6, 6.07) is 7.77. The smallest absolute Gasteiger partial charge is 0.119 e. The second kappa shape index (κ2) is 6.11. The zero-order valence-electron chi connectivity index (χ0n) is 7.30. The van der Waals surface area contributed by atoms with Gasteiger partial charge in [-0.25, -0.2) is 0 Å². The molecule has 0 amide bonds. The van der Waals surface area contributed by atoms with Gasteiger partial charge in [0.15, 0.2) is 0 Å². The molecule has 13 heavy (non-hydrogen) atoms. The molecule has 0 heterocycles. The first-order valence-electron chi connectivity index (χ1n) is 4.20. The highest BCUT2D eigenvalue weighted by Crippen LogP contribution is 2.13. The summed E-state index contributed by atoms with van der Waals surface area (Å²) in [5, 5.41) is 0. The molecule has 1 nitrogen and oxygen atoms in total. The van der Waals surface area contributed by atoms with E-state index in [4.69, 9.17) is 27.9 Å². The standard InChI is InChI=1S/C10H12Cl2O/c11-6-1-7-13-10-4-2-9(8-12)3-5-10/h2-5H,1,6-8H2. The molecule has 0 saturated carbocycles. The highest BCUT2D eigenvalue weighted by Gasteiger charge is 1.93. The van der Waals surface area contributed by atoms with Gasteiger partial charge in [-0.05, 0) is 24.1 Å². The summed E-state index contributed by atoms with van der Waals surface area (Å²) in [4.78, 5) is 0. The maximum absolute atomic E-state index is 5.65. The summed E-state index contributed by atoms with van der Waals surface area (Å²) in [5.41, 5.74) is 1.10. The number of halogens is 2. The molecular weight excluding hydrogens is 207 g/mol. The van der Waals surface area contributed by atoms with Crippen LogP contribution in [0.3, 0.4) is 0 Å². The molecule has 3 heteroatoms. The van der Waals surface area contributed by atoms with Crippen LogP contribution in [-0.2, 0) is 5.88 Å². The van der Waals surface area contributed by atoms with Crippen molar-refractivity contribution in [2.24, 2.45) is 0 Å². The second-order valence-electron chi connectivity index (χ2n) is 2.67. The first kappa shape index (κ1) is 10.7. The molecule has 0 atom stereocenters. The fourth-order valence-corrected chi connectivity index (χ4v) is 1.21. The number of hydrogen-bond acceptors (Lipinski definition) is 1. The highest BCUT2D eigenvalue weighted by atomic mass is 35.5. The third-order valence-electron chi connectivity index (χ3n) is 1.62. The van der Waals surface area contributed by atoms with Crippen molar-refractivity contribution in [1.29, 1.82) is 0 Å². The highest BCUT2D eigenvalue weighted by molar-refractivity contribution is 6.17. The molecule has 0 radical (unpaired) electrons. The molecule has 0 aromatic heterocycles. The normalized spacial score (nSPS) is 10.0. The van der Waals surface area contributed by atoms with Crippen LogP contribution in [0.2, 0.25) is 0 Å². The minimum atomic E-state index is 0.544. The Morgan fingerprint density at radius 3 is 2.31 bits per heavy atom. The van der Waals surface area contributed by atoms with Crippen LogP contribution < -0.4 is 4.74 Å². The number of alkyl halides is 2. The van der Waals surface area contributed by atoms with Crippen molar-refractivity contribution in [2.75, 3.05) is 12.5 Å². The number of hydrogen-bond donors (Lipinski definition) is 0. The molecule has 1 rings (SSSR count). The van der Waals surface area contributed by atoms with Gasteiger partial charge in [-0.2, -0.15) is 0 Å². The lowest BCUT2D eigenvalue weighted by Gasteiger charge is -2.04. The fourth-order valence-electron chi connectivity index (χ4n) is 0.919. The average Bonchev–Trinajstić information content (AvgIpc) is 2.19. The Morgan fingerprint density at radius 2 is 1.77 bits per heavy atom. The molecule has 0 fully saturated rings. The fraction of sp³-hybridized carbons (Fsp3) is 0.400. The van der Waals surface area contributed by atoms with Gasteiger partial charge < -0.3 is 4.74 Å². The Kier molecular flexibility index (Phi) is 5.02. The second-order valence-corrected chi connectivity index (χ2v) is 3.31. The van der Waals surface area contributed by atoms with Gasteiger partial charge in [-0.3, -0.25) is 0 Å². The lowest BCUT2D eigenvalue weighted by atomic mass is 10.2. The van der Waals surface area contributed by atoms with Gasteiger partial charge in [0.2, 0.25) is 0 Å². The summed E-state index contributed by atoms with van der Waals surface area (Å²) < 4.78 is 5.42. The zero-order chi connectivity index (χ0) is 9.52. The maximum Gasteiger partial charge on any atom is 0.119 e. The predicted molar refractivity (Wildman–Crippen MR) is 56.8 cm³/mol. The number of benzene rings is 1. The summed E-state index contributed by atoms with van der Waals surface area (Å²) in [6.07, 6.45) is 0.874. The SMILES string of the molecule is ClCCCOc1ccc(CCl)cc1. The van der Waals surface area contributed by atoms with E-state index >= 15 is 0 Å². The van der Waals surface area contributed by atoms with E-state index in [1.807, 2.05) is 24.3 Å². The third-order valence-corrected chi connectivity index (χ3v) is 2.20. The van der Waals surface area contributed by atoms with Crippen molar-refractivity contribution in [3.63, 3.8) is 0 Å². The van der Waals surface area contributed by atoms with E-state index in [1.54, 1.807) is 0 Å². The van der Waals surface area contributed by atoms with Gasteiger partial charge in [0.25, 0.3) is 0 Å². The molecule has 0 bridgehead atoms. The molecule has 0 aliphatic heterocycles. The van der Waals surface area contributed by atoms with Crippen LogP contribution in [-0.4, -0.2) is 12.5 Å². The Labute approximate surface area is 88.6 Å². The third kappa shape index (κ3) is 3.88. The van der Waals surface area contributed by atoms with Gasteiger partial charge in [0.05, 0.1) is 6.61 Å². The van der Waals surface area contributed by atoms with Crippen molar-refractivity contribution in [3.8, 4) is 5.75 Å². The first-order chi connectivity index (χ1) is 6.36. The Morgan fingerprint density at radius 1 is 1.08 bits per heavy atom. The van der Waals surface area contributed by atoms with Crippen LogP contribution in [0.4, 0.5) is 0 Å². The summed E-state index contributed by atoms with van der Waals surface area (Å²) in [6.45, 7) is 0.670. The van der Waals surface area contributed by atoms with Gasteiger partial charge in [0.1, 0.15) is 5.75 Å². The minimum absolute atomic E-state index is 0.544. The summed E-state index contributed by atoms with van der Waals surface area (Å²) >= 11 is 11.2. The average molecular weight is 219 g/mol. The molecule has 0 aliphatic carbocycles. The molecular formula is C10H12Cl2O. The van der Waals surface area contributed by atoms with Crippen LogP contribution >= 0.6 is 23.2 Å². The van der Waals surface area contributed by atoms with Crippen LogP contribution in [0.1, 0.15) is 12.0 Å². The van der Waals surface area contributed by atoms with Crippen molar-refractivity contribution in [2.45, 2.75) is 12.3 Å². The quantitative estimate of drug-likeness (QED) is 0.544. The van der Waals surface area contributed by atoms with Gasteiger partial charge >= 0.3 is 0 Å². The Balaban J connectivity index is 2.40. The van der Waals surface area contributed by atoms with Gasteiger partial charge in [0, 0.05) is 11.8 Å². The van der Waals surface area contributed by atoms with E-state index in [0.717, 1.165) is 17.7 Å². The van der Waals surface area contributed by atoms with E-state index in [0.29, 0.717) is 18.4 Å². The first-order valence-corrected chi connectivity index (χ1v) is 5.27. The van der Waals surface area contributed by atoms with E-state index in [1.165, 1.54) is 0 Å². The summed E-state index contributed by atoms with van der Waals surface area (Å²) in [7, 11) is 0. The van der Waals surface area contributed by atoms with Crippen LogP contribution in [0.25, 0.3) is 0 Å². The lowest BCUT2D eigenvalue weighted by molar-refractivity contribution is 0.318. The largest absolute Gasteiger partial charge is 0.494 e. The topological polar surface area (TPSA) is 9.23 Å². The Bertz CT molecular complexity index is 233. The van der Waals surface area contributed by atoms with E-state index in [9.17, 15) is 0 Å². The van der Waals surface area contributed by atoms with E-state index in [2.05, 4.69) is 0 Å². The Hall–Kier alpha value is -0.400. The van der Waals surface area contributed by atoms with Crippen molar-refractivity contribution in [1.82, 2.24) is 0 Å². The molecule has 1 aromatic rings. The van der Waals surface area contributed by atoms with Crippen LogP contribution in [0, 0.1) is 0 Å². The zero-order valence-corrected chi connectivity index (χ0v) is 8.81. The molecule has 72 valence electrons. The maximum atomic E-state index is 5.65. The predicted octanol–water partition coefficient (Wildman–Crippen LogP) is 3.43. The molecule has 1 aromatic carbocycles. The van der Waals surface area contributed by atoms with E-state index < -0.39 is 0 Å². The molecule has 0 aliphatic rings. The number of rotatable bonds is 5. The summed E-state index contributed by atoms with van der Waals surface area (Å²) in [5.74, 6) is 2.06. The molecule has 0 N–H and O–H groups in total. The minimum Gasteiger partial charge on any atom is -0.494 e. The molecule has 0 spiro atoms. The van der Waals surface area contributed by atoms with Crippen molar-refractivity contribution < 1.29 is 4.74 Å². The molecule has 0 unspecified atom stereocenters. The number of ether oxygens (including phenoxy) is 1. The van der Waals surface area contributed by atoms with Crippen LogP contribution in [0.15, 0.2) is 24.3 Å². The van der Waals surface area contributed by atoms with Crippen LogP contribution in [0.5, 0.6) is 5.75 Å². The molecule has 0 saturated heterocycles. The van der Waals surface area contributed by atoms with Crippen molar-refractivity contribution >= 4 is 23.2 Å². The van der Waals surface area contributed by atoms with Gasteiger partial charge in [-0.1, -0.05) is 12.1 Å². The van der Waals surface area contributed by atoms with Gasteiger partial charge in [-0.15, -0.1) is 23.2 Å². The lowest BCUT2D eigenvalue weighted by Crippen LogP contribution is -1.97. The van der Waals surface area contributed by atoms with E-state index in [-0.39, 0.29) is 0 Å². The van der Waals surface area contributed by atoms with Crippen molar-refractivity contribution in [3.05, 3.63) is 29.8 Å².